The van der Waals surface area contributed by atoms with Gasteiger partial charge in [-0.2, -0.15) is 0 Å². The van der Waals surface area contributed by atoms with Crippen molar-refractivity contribution in [3.63, 3.8) is 0 Å². The van der Waals surface area contributed by atoms with Gasteiger partial charge in [0, 0.05) is 6.04 Å². The molecule has 0 spiro atoms. The molecule has 4 saturated carbocycles. The van der Waals surface area contributed by atoms with Gasteiger partial charge in [-0.05, 0) is 105 Å². The van der Waals surface area contributed by atoms with Crippen molar-refractivity contribution >= 4 is 5.91 Å². The summed E-state index contributed by atoms with van der Waals surface area (Å²) in [5, 5.41) is 3.36. The van der Waals surface area contributed by atoms with E-state index >= 15 is 0 Å². The molecule has 1 N–H and O–H groups in total. The number of nitrogens with one attached hydrogen (secondary N) is 1. The van der Waals surface area contributed by atoms with Gasteiger partial charge >= 0.3 is 0 Å². The van der Waals surface area contributed by atoms with Gasteiger partial charge in [0.05, 0.1) is 0 Å². The number of furan rings is 1. The minimum absolute atomic E-state index is 0.0839. The second-order valence-corrected chi connectivity index (χ2v) is 10.1. The molecule has 4 aliphatic rings. The fourth-order valence-corrected chi connectivity index (χ4v) is 6.96. The summed E-state index contributed by atoms with van der Waals surface area (Å²) in [4.78, 5) is 13.0. The van der Waals surface area contributed by atoms with Crippen LogP contribution in [0.1, 0.15) is 73.7 Å². The summed E-state index contributed by atoms with van der Waals surface area (Å²) >= 11 is 0. The van der Waals surface area contributed by atoms with Crippen molar-refractivity contribution in [1.82, 2.24) is 5.32 Å². The predicted octanol–water partition coefficient (Wildman–Crippen LogP) is 5.89. The number of aryl methyl sites for hydroxylation is 1. The molecule has 1 amide bonds. The average molecular weight is 408 g/mol. The molecule has 2 aromatic rings. The Morgan fingerprint density at radius 2 is 1.83 bits per heavy atom. The second-order valence-electron chi connectivity index (χ2n) is 10.1. The van der Waals surface area contributed by atoms with E-state index in [1.807, 2.05) is 37.3 Å². The summed E-state index contributed by atoms with van der Waals surface area (Å²) in [5.74, 6) is 4.44. The number of rotatable bonds is 7. The summed E-state index contributed by atoms with van der Waals surface area (Å²) < 4.78 is 11.6. The van der Waals surface area contributed by atoms with Crippen LogP contribution in [0.3, 0.4) is 0 Å². The number of amides is 1. The zero-order valence-corrected chi connectivity index (χ0v) is 18.2. The third-order valence-corrected chi connectivity index (χ3v) is 7.79. The van der Waals surface area contributed by atoms with Crippen LogP contribution in [0.25, 0.3) is 0 Å². The monoisotopic (exact) mass is 407 g/mol. The first kappa shape index (κ1) is 19.7. The molecule has 30 heavy (non-hydrogen) atoms. The first-order valence-corrected chi connectivity index (χ1v) is 11.6. The molecular formula is C26H33NO3. The number of ether oxygens (including phenoxy) is 1. The van der Waals surface area contributed by atoms with Crippen molar-refractivity contribution in [1.29, 1.82) is 0 Å². The molecular weight excluding hydrogens is 374 g/mol. The van der Waals surface area contributed by atoms with E-state index in [9.17, 15) is 4.79 Å². The Bertz CT molecular complexity index is 879. The topological polar surface area (TPSA) is 51.5 Å². The molecule has 1 unspecified atom stereocenters. The van der Waals surface area contributed by atoms with Crippen molar-refractivity contribution in [2.24, 2.45) is 23.2 Å². The van der Waals surface area contributed by atoms with Crippen molar-refractivity contribution in [3.8, 4) is 5.75 Å². The summed E-state index contributed by atoms with van der Waals surface area (Å²) in [6, 6.07) is 11.8. The van der Waals surface area contributed by atoms with E-state index in [0.29, 0.717) is 23.5 Å². The Kier molecular flexibility index (Phi) is 5.12. The molecule has 0 radical (unpaired) electrons. The second kappa shape index (κ2) is 7.79. The van der Waals surface area contributed by atoms with E-state index in [0.717, 1.165) is 35.5 Å². The van der Waals surface area contributed by atoms with Crippen molar-refractivity contribution in [2.45, 2.75) is 71.4 Å². The van der Waals surface area contributed by atoms with Crippen molar-refractivity contribution in [2.75, 3.05) is 0 Å². The van der Waals surface area contributed by atoms with E-state index in [-0.39, 0.29) is 11.9 Å². The third-order valence-electron chi connectivity index (χ3n) is 7.79. The fourth-order valence-electron chi connectivity index (χ4n) is 6.96. The van der Waals surface area contributed by atoms with E-state index in [1.165, 1.54) is 38.5 Å². The maximum absolute atomic E-state index is 13.0. The summed E-state index contributed by atoms with van der Waals surface area (Å²) in [6.45, 7) is 4.58. The maximum atomic E-state index is 13.0. The van der Waals surface area contributed by atoms with E-state index in [4.69, 9.17) is 9.15 Å². The maximum Gasteiger partial charge on any atom is 0.287 e. The molecule has 1 atom stereocenters. The van der Waals surface area contributed by atoms with Gasteiger partial charge in [-0.25, -0.2) is 0 Å². The molecule has 0 aliphatic heterocycles. The highest BCUT2D eigenvalue weighted by Crippen LogP contribution is 2.61. The van der Waals surface area contributed by atoms with Crippen molar-refractivity contribution < 1.29 is 13.9 Å². The van der Waals surface area contributed by atoms with Crippen LogP contribution < -0.4 is 10.1 Å². The molecule has 1 aromatic carbocycles. The van der Waals surface area contributed by atoms with Gasteiger partial charge in [0.1, 0.15) is 18.1 Å². The molecule has 4 bridgehead atoms. The molecule has 0 saturated heterocycles. The first-order chi connectivity index (χ1) is 14.5. The minimum Gasteiger partial charge on any atom is -0.486 e. The lowest BCUT2D eigenvalue weighted by molar-refractivity contribution is -0.0728. The molecule has 4 fully saturated rings. The number of hydrogen-bond donors (Lipinski definition) is 1. The van der Waals surface area contributed by atoms with Crippen LogP contribution in [0.5, 0.6) is 5.75 Å². The number of carbonyl (C=O) groups is 1. The van der Waals surface area contributed by atoms with E-state index < -0.39 is 0 Å². The standard InChI is InChI=1S/C26H33NO3/c1-3-24(26-13-18-10-19(14-26)12-20(11-18)15-26)27-25(28)23-8-7-22(30-23)16-29-21-6-4-5-17(2)9-21/h4-9,18-20,24H,3,10-16H2,1-2H3,(H,27,28). The fraction of sp³-hybridized carbons (Fsp3) is 0.577. The van der Waals surface area contributed by atoms with Crippen LogP contribution >= 0.6 is 0 Å². The number of hydrogen-bond acceptors (Lipinski definition) is 3. The summed E-state index contributed by atoms with van der Waals surface area (Å²) in [6.07, 6.45) is 9.15. The van der Waals surface area contributed by atoms with Gasteiger partial charge in [0.25, 0.3) is 5.91 Å². The predicted molar refractivity (Wildman–Crippen MR) is 116 cm³/mol. The van der Waals surface area contributed by atoms with Gasteiger partial charge in [0.2, 0.25) is 0 Å². The SMILES string of the molecule is CCC(NC(=O)c1ccc(COc2cccc(C)c2)o1)C12CC3CC(CC(C3)C1)C2. The lowest BCUT2D eigenvalue weighted by atomic mass is 9.47. The Labute approximate surface area is 179 Å². The van der Waals surface area contributed by atoms with Crippen molar-refractivity contribution in [3.05, 3.63) is 53.5 Å². The molecule has 1 heterocycles. The Hall–Kier alpha value is -2.23. The average Bonchev–Trinajstić information content (AvgIpc) is 3.18. The summed E-state index contributed by atoms with van der Waals surface area (Å²) in [5.41, 5.74) is 1.46. The molecule has 160 valence electrons. The molecule has 4 aliphatic carbocycles. The van der Waals surface area contributed by atoms with Crippen LogP contribution in [0, 0.1) is 30.1 Å². The van der Waals surface area contributed by atoms with E-state index in [2.05, 4.69) is 12.2 Å². The van der Waals surface area contributed by atoms with Crippen LogP contribution in [-0.4, -0.2) is 11.9 Å². The van der Waals surface area contributed by atoms with Crippen LogP contribution in [-0.2, 0) is 6.61 Å². The highest BCUT2D eigenvalue weighted by molar-refractivity contribution is 5.91. The van der Waals surface area contributed by atoms with Gasteiger partial charge < -0.3 is 14.5 Å². The lowest BCUT2D eigenvalue weighted by Gasteiger charge is -2.59. The van der Waals surface area contributed by atoms with Crippen LogP contribution in [0.2, 0.25) is 0 Å². The minimum atomic E-state index is -0.0839. The van der Waals surface area contributed by atoms with E-state index in [1.54, 1.807) is 6.07 Å². The van der Waals surface area contributed by atoms with Gasteiger partial charge in [-0.3, -0.25) is 4.79 Å². The van der Waals surface area contributed by atoms with Gasteiger partial charge in [0.15, 0.2) is 5.76 Å². The Morgan fingerprint density at radius 1 is 1.13 bits per heavy atom. The third kappa shape index (κ3) is 3.77. The zero-order valence-electron chi connectivity index (χ0n) is 18.2. The molecule has 1 aromatic heterocycles. The largest absolute Gasteiger partial charge is 0.486 e. The van der Waals surface area contributed by atoms with Gasteiger partial charge in [-0.1, -0.05) is 19.1 Å². The lowest BCUT2D eigenvalue weighted by Crippen LogP contribution is -2.56. The number of benzene rings is 1. The highest BCUT2D eigenvalue weighted by atomic mass is 16.5. The molecule has 4 heteroatoms. The smallest absolute Gasteiger partial charge is 0.287 e. The first-order valence-electron chi connectivity index (χ1n) is 11.6. The molecule has 4 nitrogen and oxygen atoms in total. The molecule has 6 rings (SSSR count). The quantitative estimate of drug-likeness (QED) is 0.622. The Morgan fingerprint density at radius 3 is 2.47 bits per heavy atom. The van der Waals surface area contributed by atoms with Crippen LogP contribution in [0.15, 0.2) is 40.8 Å². The summed E-state index contributed by atoms with van der Waals surface area (Å²) in [7, 11) is 0. The number of carbonyl (C=O) groups excluding carboxylic acids is 1. The van der Waals surface area contributed by atoms with Crippen LogP contribution in [0.4, 0.5) is 0 Å². The highest BCUT2D eigenvalue weighted by Gasteiger charge is 2.54. The van der Waals surface area contributed by atoms with Gasteiger partial charge in [-0.15, -0.1) is 0 Å². The Balaban J connectivity index is 1.23. The normalized spacial score (nSPS) is 30.3. The zero-order chi connectivity index (χ0) is 20.7.